The van der Waals surface area contributed by atoms with Gasteiger partial charge in [0.1, 0.15) is 0 Å². The van der Waals surface area contributed by atoms with Gasteiger partial charge < -0.3 is 0 Å². The maximum Gasteiger partial charge on any atom is 0.0233 e. The minimum atomic E-state index is 1.14. The average molecular weight is 315 g/mol. The highest BCUT2D eigenvalue weighted by Gasteiger charge is 2.10. The van der Waals surface area contributed by atoms with Gasteiger partial charge in [-0.15, -0.1) is 0 Å². The smallest absolute Gasteiger partial charge is 0.0233 e. The summed E-state index contributed by atoms with van der Waals surface area (Å²) >= 11 is 2.40. The van der Waals surface area contributed by atoms with E-state index in [1.165, 1.54) is 47.0 Å². The van der Waals surface area contributed by atoms with Crippen LogP contribution in [0.5, 0.6) is 0 Å². The third-order valence-corrected chi connectivity index (χ3v) is 4.29. The van der Waals surface area contributed by atoms with Gasteiger partial charge in [0.15, 0.2) is 0 Å². The van der Waals surface area contributed by atoms with Gasteiger partial charge in [-0.3, -0.25) is 4.90 Å². The largest absolute Gasteiger partial charge is 0.299 e. The van der Waals surface area contributed by atoms with Crippen molar-refractivity contribution in [2.45, 2.75) is 32.7 Å². The highest BCUT2D eigenvalue weighted by atomic mass is 127. The fraction of sp³-hybridized carbons (Fsp3) is 0.538. The summed E-state index contributed by atoms with van der Waals surface area (Å²) in [4.78, 5) is 2.57. The van der Waals surface area contributed by atoms with Crippen LogP contribution in [0.1, 0.15) is 30.4 Å². The average Bonchev–Trinajstić information content (AvgIpc) is 2.25. The van der Waals surface area contributed by atoms with E-state index in [0.29, 0.717) is 0 Å². The Balaban J connectivity index is 2.00. The van der Waals surface area contributed by atoms with Crippen molar-refractivity contribution in [3.8, 4) is 0 Å². The van der Waals surface area contributed by atoms with Crippen molar-refractivity contribution in [3.63, 3.8) is 0 Å². The monoisotopic (exact) mass is 315 g/mol. The lowest BCUT2D eigenvalue weighted by Gasteiger charge is -2.26. The molecule has 1 aromatic rings. The second kappa shape index (κ2) is 5.30. The Bertz CT molecular complexity index is 329. The molecule has 1 aliphatic heterocycles. The van der Waals surface area contributed by atoms with Crippen molar-refractivity contribution in [2.24, 2.45) is 0 Å². The van der Waals surface area contributed by atoms with Crippen LogP contribution in [0.2, 0.25) is 0 Å². The molecule has 82 valence electrons. The Kier molecular flexibility index (Phi) is 4.03. The van der Waals surface area contributed by atoms with Crippen molar-refractivity contribution >= 4 is 22.6 Å². The molecule has 0 amide bonds. The van der Waals surface area contributed by atoms with E-state index in [-0.39, 0.29) is 0 Å². The molecule has 0 aromatic heterocycles. The van der Waals surface area contributed by atoms with Crippen LogP contribution >= 0.6 is 22.6 Å². The number of benzene rings is 1. The summed E-state index contributed by atoms with van der Waals surface area (Å²) in [5, 5.41) is 0. The van der Waals surface area contributed by atoms with Crippen LogP contribution in [-0.4, -0.2) is 18.0 Å². The molecule has 0 atom stereocenters. The highest BCUT2D eigenvalue weighted by molar-refractivity contribution is 14.1. The van der Waals surface area contributed by atoms with Crippen molar-refractivity contribution in [1.29, 1.82) is 0 Å². The summed E-state index contributed by atoms with van der Waals surface area (Å²) in [6.07, 6.45) is 4.18. The van der Waals surface area contributed by atoms with Crippen LogP contribution in [0.25, 0.3) is 0 Å². The van der Waals surface area contributed by atoms with Gasteiger partial charge >= 0.3 is 0 Å². The number of piperidine rings is 1. The van der Waals surface area contributed by atoms with Crippen LogP contribution < -0.4 is 0 Å². The molecule has 1 aliphatic rings. The lowest BCUT2D eigenvalue weighted by atomic mass is 10.1. The molecule has 1 heterocycles. The van der Waals surface area contributed by atoms with Gasteiger partial charge in [0.2, 0.25) is 0 Å². The number of likely N-dealkylation sites (tertiary alicyclic amines) is 1. The Morgan fingerprint density at radius 2 is 1.93 bits per heavy atom. The molecule has 1 saturated heterocycles. The van der Waals surface area contributed by atoms with E-state index in [9.17, 15) is 0 Å². The Morgan fingerprint density at radius 1 is 1.20 bits per heavy atom. The van der Waals surface area contributed by atoms with Gasteiger partial charge in [0.25, 0.3) is 0 Å². The normalized spacial score (nSPS) is 18.0. The Hall–Kier alpha value is -0.0900. The van der Waals surface area contributed by atoms with Gasteiger partial charge in [-0.2, -0.15) is 0 Å². The summed E-state index contributed by atoms with van der Waals surface area (Å²) in [6, 6.07) is 6.83. The molecule has 0 radical (unpaired) electrons. The van der Waals surface area contributed by atoms with Gasteiger partial charge in [-0.05, 0) is 72.6 Å². The van der Waals surface area contributed by atoms with Gasteiger partial charge in [0.05, 0.1) is 0 Å². The van der Waals surface area contributed by atoms with Crippen LogP contribution in [-0.2, 0) is 6.54 Å². The second-order valence-electron chi connectivity index (χ2n) is 4.42. The lowest BCUT2D eigenvalue weighted by molar-refractivity contribution is 0.221. The molecule has 0 bridgehead atoms. The van der Waals surface area contributed by atoms with Crippen LogP contribution in [0.3, 0.4) is 0 Å². The molecule has 1 aromatic carbocycles. The van der Waals surface area contributed by atoms with E-state index in [0.717, 1.165) is 6.54 Å². The number of halogens is 1. The topological polar surface area (TPSA) is 3.24 Å². The minimum Gasteiger partial charge on any atom is -0.299 e. The van der Waals surface area contributed by atoms with E-state index in [4.69, 9.17) is 0 Å². The molecule has 2 heteroatoms. The first-order valence-electron chi connectivity index (χ1n) is 5.73. The van der Waals surface area contributed by atoms with Gasteiger partial charge in [-0.25, -0.2) is 0 Å². The van der Waals surface area contributed by atoms with Gasteiger partial charge in [0, 0.05) is 10.1 Å². The standard InChI is InChI=1S/C13H18IN/c1-11-9-12(5-6-13(11)14)10-15-7-3-2-4-8-15/h5-6,9H,2-4,7-8,10H2,1H3. The maximum absolute atomic E-state index is 2.57. The van der Waals surface area contributed by atoms with E-state index >= 15 is 0 Å². The molecule has 0 aliphatic carbocycles. The number of hydrogen-bond donors (Lipinski definition) is 0. The molecule has 0 spiro atoms. The third-order valence-electron chi connectivity index (χ3n) is 3.08. The maximum atomic E-state index is 2.57. The number of rotatable bonds is 2. The number of aryl methyl sites for hydroxylation is 1. The number of hydrogen-bond acceptors (Lipinski definition) is 1. The van der Waals surface area contributed by atoms with E-state index in [1.54, 1.807) is 0 Å². The fourth-order valence-corrected chi connectivity index (χ4v) is 2.52. The molecule has 0 N–H and O–H groups in total. The predicted molar refractivity (Wildman–Crippen MR) is 73.0 cm³/mol. The molecule has 15 heavy (non-hydrogen) atoms. The SMILES string of the molecule is Cc1cc(CN2CCCCC2)ccc1I. The van der Waals surface area contributed by atoms with Crippen LogP contribution in [0.15, 0.2) is 18.2 Å². The summed E-state index contributed by atoms with van der Waals surface area (Å²) in [7, 11) is 0. The van der Waals surface area contributed by atoms with Gasteiger partial charge in [-0.1, -0.05) is 18.6 Å². The molecule has 0 unspecified atom stereocenters. The quantitative estimate of drug-likeness (QED) is 0.754. The zero-order valence-electron chi connectivity index (χ0n) is 9.30. The fourth-order valence-electron chi connectivity index (χ4n) is 2.18. The van der Waals surface area contributed by atoms with E-state index in [1.807, 2.05) is 0 Å². The molecular formula is C13H18IN. The first-order valence-corrected chi connectivity index (χ1v) is 6.81. The summed E-state index contributed by atoms with van der Waals surface area (Å²) in [5.41, 5.74) is 2.87. The van der Waals surface area contributed by atoms with Crippen molar-refractivity contribution in [2.75, 3.05) is 13.1 Å². The minimum absolute atomic E-state index is 1.14. The zero-order chi connectivity index (χ0) is 10.7. The Morgan fingerprint density at radius 3 is 2.60 bits per heavy atom. The number of nitrogens with zero attached hydrogens (tertiary/aromatic N) is 1. The summed E-state index contributed by atoms with van der Waals surface area (Å²) in [5.74, 6) is 0. The summed E-state index contributed by atoms with van der Waals surface area (Å²) in [6.45, 7) is 5.90. The van der Waals surface area contributed by atoms with Crippen molar-refractivity contribution in [1.82, 2.24) is 4.90 Å². The molecular weight excluding hydrogens is 297 g/mol. The highest BCUT2D eigenvalue weighted by Crippen LogP contribution is 2.17. The third kappa shape index (κ3) is 3.18. The van der Waals surface area contributed by atoms with Crippen LogP contribution in [0, 0.1) is 10.5 Å². The lowest BCUT2D eigenvalue weighted by Crippen LogP contribution is -2.29. The van der Waals surface area contributed by atoms with E-state index in [2.05, 4.69) is 52.6 Å². The molecule has 0 saturated carbocycles. The van der Waals surface area contributed by atoms with E-state index < -0.39 is 0 Å². The first kappa shape index (κ1) is 11.4. The molecule has 1 nitrogen and oxygen atoms in total. The predicted octanol–water partition coefficient (Wildman–Crippen LogP) is 3.59. The Labute approximate surface area is 106 Å². The van der Waals surface area contributed by atoms with Crippen molar-refractivity contribution in [3.05, 3.63) is 32.9 Å². The molecule has 1 fully saturated rings. The first-order chi connectivity index (χ1) is 7.25. The summed E-state index contributed by atoms with van der Waals surface area (Å²) < 4.78 is 1.37. The zero-order valence-corrected chi connectivity index (χ0v) is 11.5. The van der Waals surface area contributed by atoms with Crippen LogP contribution in [0.4, 0.5) is 0 Å². The van der Waals surface area contributed by atoms with Crippen molar-refractivity contribution < 1.29 is 0 Å². The second-order valence-corrected chi connectivity index (χ2v) is 5.58. The molecule has 2 rings (SSSR count).